The Labute approximate surface area is 127 Å². The topological polar surface area (TPSA) is 77.5 Å². The molecular weight excluding hydrogens is 278 g/mol. The summed E-state index contributed by atoms with van der Waals surface area (Å²) in [6.07, 6.45) is -0.265. The first-order chi connectivity index (χ1) is 10.8. The van der Waals surface area contributed by atoms with Crippen LogP contribution < -0.4 is 15.8 Å². The van der Waals surface area contributed by atoms with Crippen molar-refractivity contribution in [2.24, 2.45) is 10.7 Å². The molecule has 4 rings (SSSR count). The van der Waals surface area contributed by atoms with Crippen LogP contribution in [0, 0.1) is 0 Å². The number of para-hydroxylation sites is 2. The SMILES string of the molecule is COc1cccc(C2N=C(N)Nc3nc4ccccc4n32)c1. The van der Waals surface area contributed by atoms with E-state index in [0.29, 0.717) is 11.9 Å². The van der Waals surface area contributed by atoms with Crippen LogP contribution in [0.25, 0.3) is 11.0 Å². The van der Waals surface area contributed by atoms with Gasteiger partial charge in [-0.2, -0.15) is 0 Å². The van der Waals surface area contributed by atoms with Gasteiger partial charge >= 0.3 is 0 Å². The number of nitrogens with one attached hydrogen (secondary N) is 1. The van der Waals surface area contributed by atoms with Gasteiger partial charge in [-0.3, -0.25) is 9.88 Å². The number of hydrogen-bond acceptors (Lipinski definition) is 5. The molecule has 1 unspecified atom stereocenters. The lowest BCUT2D eigenvalue weighted by atomic mass is 10.1. The molecule has 1 aliphatic heterocycles. The van der Waals surface area contributed by atoms with E-state index in [1.165, 1.54) is 0 Å². The Kier molecular flexibility index (Phi) is 2.75. The van der Waals surface area contributed by atoms with Gasteiger partial charge in [-0.05, 0) is 24.3 Å². The predicted molar refractivity (Wildman–Crippen MR) is 86.1 cm³/mol. The van der Waals surface area contributed by atoms with E-state index in [1.54, 1.807) is 7.11 Å². The van der Waals surface area contributed by atoms with Crippen molar-refractivity contribution in [2.45, 2.75) is 6.17 Å². The summed E-state index contributed by atoms with van der Waals surface area (Å²) in [5.41, 5.74) is 8.83. The zero-order valence-electron chi connectivity index (χ0n) is 12.0. The largest absolute Gasteiger partial charge is 0.497 e. The fourth-order valence-corrected chi connectivity index (χ4v) is 2.74. The molecule has 6 nitrogen and oxygen atoms in total. The molecule has 6 heteroatoms. The highest BCUT2D eigenvalue weighted by molar-refractivity contribution is 5.94. The smallest absolute Gasteiger partial charge is 0.212 e. The van der Waals surface area contributed by atoms with E-state index in [1.807, 2.05) is 53.1 Å². The molecule has 0 amide bonds. The Balaban J connectivity index is 1.94. The number of methoxy groups -OCH3 is 1. The lowest BCUT2D eigenvalue weighted by Gasteiger charge is -2.24. The lowest BCUT2D eigenvalue weighted by molar-refractivity contribution is 0.413. The van der Waals surface area contributed by atoms with Gasteiger partial charge in [0.2, 0.25) is 5.95 Å². The third kappa shape index (κ3) is 1.88. The molecule has 110 valence electrons. The third-order valence-corrected chi connectivity index (χ3v) is 3.73. The van der Waals surface area contributed by atoms with Crippen LogP contribution in [0.15, 0.2) is 53.5 Å². The first-order valence-corrected chi connectivity index (χ1v) is 6.97. The van der Waals surface area contributed by atoms with Gasteiger partial charge in [0, 0.05) is 5.56 Å². The van der Waals surface area contributed by atoms with E-state index in [4.69, 9.17) is 10.5 Å². The number of rotatable bonds is 2. The Bertz CT molecular complexity index is 883. The molecule has 0 fully saturated rings. The second kappa shape index (κ2) is 4.77. The maximum Gasteiger partial charge on any atom is 0.212 e. The molecule has 1 aromatic heterocycles. The highest BCUT2D eigenvalue weighted by Gasteiger charge is 2.25. The molecule has 0 bridgehead atoms. The number of benzene rings is 2. The average molecular weight is 293 g/mol. The molecule has 3 N–H and O–H groups in total. The standard InChI is InChI=1S/C16H15N5O/c1-22-11-6-4-5-10(9-11)14-19-15(17)20-16-18-12-7-2-3-8-13(12)21(14)16/h2-9,14H,1H3,(H3,17,18,19,20). The molecule has 2 aromatic carbocycles. The minimum absolute atomic E-state index is 0.265. The van der Waals surface area contributed by atoms with Crippen LogP contribution in [0.3, 0.4) is 0 Å². The number of nitrogens with two attached hydrogens (primary N) is 1. The highest BCUT2D eigenvalue weighted by atomic mass is 16.5. The number of hydrogen-bond donors (Lipinski definition) is 2. The molecule has 1 atom stereocenters. The quantitative estimate of drug-likeness (QED) is 0.760. The number of ether oxygens (including phenoxy) is 1. The summed E-state index contributed by atoms with van der Waals surface area (Å²) < 4.78 is 7.35. The maximum absolute atomic E-state index is 5.92. The number of fused-ring (bicyclic) bond motifs is 3. The van der Waals surface area contributed by atoms with Crippen LogP contribution in [0.2, 0.25) is 0 Å². The van der Waals surface area contributed by atoms with E-state index in [-0.39, 0.29) is 6.17 Å². The molecule has 1 aliphatic rings. The lowest BCUT2D eigenvalue weighted by Crippen LogP contribution is -2.31. The monoisotopic (exact) mass is 293 g/mol. The van der Waals surface area contributed by atoms with E-state index in [2.05, 4.69) is 15.3 Å². The van der Waals surface area contributed by atoms with Gasteiger partial charge in [-0.1, -0.05) is 24.3 Å². The van der Waals surface area contributed by atoms with Crippen LogP contribution in [-0.2, 0) is 0 Å². The molecule has 0 radical (unpaired) electrons. The highest BCUT2D eigenvalue weighted by Crippen LogP contribution is 2.33. The number of guanidine groups is 1. The van der Waals surface area contributed by atoms with Crippen LogP contribution in [0.5, 0.6) is 5.75 Å². The van der Waals surface area contributed by atoms with E-state index >= 15 is 0 Å². The fraction of sp³-hybridized carbons (Fsp3) is 0.125. The summed E-state index contributed by atoms with van der Waals surface area (Å²) in [5.74, 6) is 1.84. The summed E-state index contributed by atoms with van der Waals surface area (Å²) in [6, 6.07) is 15.8. The van der Waals surface area contributed by atoms with Crippen LogP contribution >= 0.6 is 0 Å². The zero-order chi connectivity index (χ0) is 15.1. The van der Waals surface area contributed by atoms with E-state index in [9.17, 15) is 0 Å². The van der Waals surface area contributed by atoms with E-state index in [0.717, 1.165) is 22.3 Å². The van der Waals surface area contributed by atoms with Crippen molar-refractivity contribution in [1.29, 1.82) is 0 Å². The summed E-state index contributed by atoms with van der Waals surface area (Å²) in [4.78, 5) is 9.12. The van der Waals surface area contributed by atoms with Crippen molar-refractivity contribution in [3.05, 3.63) is 54.1 Å². The van der Waals surface area contributed by atoms with Gasteiger partial charge in [0.05, 0.1) is 18.1 Å². The zero-order valence-corrected chi connectivity index (χ0v) is 12.0. The minimum Gasteiger partial charge on any atom is -0.497 e. The van der Waals surface area contributed by atoms with Gasteiger partial charge in [-0.15, -0.1) is 0 Å². The number of imidazole rings is 1. The number of aliphatic imine (C=N–C) groups is 1. The first kappa shape index (κ1) is 12.7. The summed E-state index contributed by atoms with van der Waals surface area (Å²) >= 11 is 0. The Hall–Kier alpha value is -3.02. The van der Waals surface area contributed by atoms with E-state index < -0.39 is 0 Å². The van der Waals surface area contributed by atoms with Gasteiger partial charge in [0.1, 0.15) is 5.75 Å². The van der Waals surface area contributed by atoms with Crippen molar-refractivity contribution >= 4 is 22.9 Å². The van der Waals surface area contributed by atoms with Gasteiger partial charge < -0.3 is 10.5 Å². The molecule has 0 saturated carbocycles. The molecule has 0 saturated heterocycles. The summed E-state index contributed by atoms with van der Waals surface area (Å²) in [6.45, 7) is 0. The van der Waals surface area contributed by atoms with Crippen LogP contribution in [0.4, 0.5) is 5.95 Å². The fourth-order valence-electron chi connectivity index (χ4n) is 2.74. The minimum atomic E-state index is -0.265. The molecule has 0 aliphatic carbocycles. The molecule has 2 heterocycles. The second-order valence-corrected chi connectivity index (χ2v) is 5.08. The third-order valence-electron chi connectivity index (χ3n) is 3.73. The summed E-state index contributed by atoms with van der Waals surface area (Å²) in [5, 5.41) is 3.03. The van der Waals surface area contributed by atoms with Crippen molar-refractivity contribution < 1.29 is 4.74 Å². The number of anilines is 1. The van der Waals surface area contributed by atoms with Gasteiger partial charge in [0.15, 0.2) is 12.1 Å². The summed E-state index contributed by atoms with van der Waals surface area (Å²) in [7, 11) is 1.65. The first-order valence-electron chi connectivity index (χ1n) is 6.97. The van der Waals surface area contributed by atoms with Gasteiger partial charge in [0.25, 0.3) is 0 Å². The maximum atomic E-state index is 5.92. The van der Waals surface area contributed by atoms with Crippen molar-refractivity contribution in [3.63, 3.8) is 0 Å². The second-order valence-electron chi connectivity index (χ2n) is 5.08. The average Bonchev–Trinajstić information content (AvgIpc) is 2.92. The van der Waals surface area contributed by atoms with Crippen molar-refractivity contribution in [3.8, 4) is 5.75 Å². The molecule has 22 heavy (non-hydrogen) atoms. The normalized spacial score (nSPS) is 16.8. The molecular formula is C16H15N5O. The van der Waals surface area contributed by atoms with Crippen molar-refractivity contribution in [2.75, 3.05) is 12.4 Å². The van der Waals surface area contributed by atoms with Crippen molar-refractivity contribution in [1.82, 2.24) is 9.55 Å². The number of nitrogens with zero attached hydrogens (tertiary/aromatic N) is 3. The Morgan fingerprint density at radius 3 is 2.91 bits per heavy atom. The van der Waals surface area contributed by atoms with Gasteiger partial charge in [-0.25, -0.2) is 9.98 Å². The Morgan fingerprint density at radius 2 is 2.05 bits per heavy atom. The van der Waals surface area contributed by atoms with Crippen LogP contribution in [0.1, 0.15) is 11.7 Å². The molecule has 3 aromatic rings. The van der Waals surface area contributed by atoms with Crippen LogP contribution in [-0.4, -0.2) is 22.6 Å². The Morgan fingerprint density at radius 1 is 1.18 bits per heavy atom. The molecule has 0 spiro atoms. The number of aromatic nitrogens is 2. The predicted octanol–water partition coefficient (Wildman–Crippen LogP) is 2.33.